The Kier molecular flexibility index (Phi) is 5.12. The molecule has 19 rings (SSSR count). The van der Waals surface area contributed by atoms with Gasteiger partial charge >= 0.3 is 13.4 Å². The van der Waals surface area contributed by atoms with Crippen molar-refractivity contribution in [3.8, 4) is 56.0 Å². The lowest BCUT2D eigenvalue weighted by molar-refractivity contribution is -1.03. The first-order valence-corrected chi connectivity index (χ1v) is 27.5. The lowest BCUT2D eigenvalue weighted by atomic mass is 9.37. The van der Waals surface area contributed by atoms with Crippen LogP contribution in [0.1, 0.15) is 0 Å². The Bertz CT molecular complexity index is 3810. The second-order valence-corrected chi connectivity index (χ2v) is 27.1. The summed E-state index contributed by atoms with van der Waals surface area (Å²) in [4.78, 5) is 0. The molecule has 0 unspecified atom stereocenters. The minimum absolute atomic E-state index is 0.0667. The van der Waals surface area contributed by atoms with Crippen LogP contribution in [0.2, 0.25) is 0 Å². The molecule has 296 valence electrons. The predicted molar refractivity (Wildman–Crippen MR) is 271 cm³/mol. The normalized spacial score (nSPS) is 17.2. The van der Waals surface area contributed by atoms with Crippen LogP contribution in [-0.4, -0.2) is 29.6 Å². The lowest BCUT2D eigenvalue weighted by Gasteiger charge is -2.45. The van der Waals surface area contributed by atoms with Gasteiger partial charge in [0, 0.05) is 43.5 Å². The third-order valence-electron chi connectivity index (χ3n) is 17.9. The molecule has 0 saturated heterocycles. The first-order valence-electron chi connectivity index (χ1n) is 23.5. The van der Waals surface area contributed by atoms with Gasteiger partial charge < -0.3 is 4.74 Å². The minimum Gasteiger partial charge on any atom is -0.444 e. The molecule has 2 aromatic heterocycles. The summed E-state index contributed by atoms with van der Waals surface area (Å²) < 4.78 is 13.4. The molecule has 4 nitrogen and oxygen atoms in total. The maximum absolute atomic E-state index is 7.61. The average molecular weight is 865 g/mol. The average Bonchev–Trinajstić information content (AvgIpc) is 4.09. The second kappa shape index (κ2) is 10.3. The Balaban J connectivity index is 1.05. The molecule has 66 heavy (non-hydrogen) atoms. The van der Waals surface area contributed by atoms with E-state index in [9.17, 15) is 0 Å². The van der Waals surface area contributed by atoms with Crippen LogP contribution in [-0.2, 0) is 0 Å². The number of ether oxygens (including phenoxy) is 1. The number of hydrogen-bond acceptors (Lipinski definition) is 1. The fourth-order valence-electron chi connectivity index (χ4n) is 16.2. The van der Waals surface area contributed by atoms with Crippen LogP contribution in [0, 0.1) is 0 Å². The highest BCUT2D eigenvalue weighted by Crippen LogP contribution is 2.51. The second-order valence-electron chi connectivity index (χ2n) is 19.8. The van der Waals surface area contributed by atoms with Gasteiger partial charge in [0.15, 0.2) is 20.8 Å². The van der Waals surface area contributed by atoms with Gasteiger partial charge in [-0.2, -0.15) is 0 Å². The molecule has 8 aromatic carbocycles. The molecular formula is C58H32B2N3OSi2+3. The topological polar surface area (TPSA) is 17.0 Å². The fraction of sp³-hybridized carbons (Fsp3) is 0. The third kappa shape index (κ3) is 2.94. The molecule has 9 aliphatic heterocycles. The van der Waals surface area contributed by atoms with E-state index in [0.717, 1.165) is 11.5 Å². The van der Waals surface area contributed by atoms with Gasteiger partial charge in [0.25, 0.3) is 11.4 Å². The summed E-state index contributed by atoms with van der Waals surface area (Å²) in [5, 5.41) is 12.1. The van der Waals surface area contributed by atoms with Gasteiger partial charge in [0.05, 0.1) is 0 Å². The van der Waals surface area contributed by atoms with Gasteiger partial charge in [0.2, 0.25) is 35.1 Å². The Hall–Kier alpha value is -7.62. The first kappa shape index (κ1) is 33.0. The zero-order chi connectivity index (χ0) is 42.2. The van der Waals surface area contributed by atoms with Crippen molar-refractivity contribution in [3.63, 3.8) is 0 Å². The van der Waals surface area contributed by atoms with E-state index in [1.165, 1.54) is 120 Å². The largest absolute Gasteiger partial charge is 0.444 e. The van der Waals surface area contributed by atoms with Crippen LogP contribution in [0.4, 0.5) is 11.4 Å². The minimum atomic E-state index is -2.89. The standard InChI is InChI=1S/C58H32B2N3OSi2/c1-5-21-43-33(13-1)34-14-2-6-22-44(34)65(43)47-25-9-17-37-39-19-11-31-61-57(39)59(51(37)47)53-49(65)29-27-41-55(53)63(61)56-42(64-41)28-30-50-54(56)60-52-38(40-20-12-32-62(63)58(40)60)18-10-26-48(52)66(50)45-23-7-3-15-35(45)36-16-4-8-24-46(36)66/h1-32H/q+3. The summed E-state index contributed by atoms with van der Waals surface area (Å²) in [5.41, 5.74) is 22.3. The Morgan fingerprint density at radius 2 is 0.667 bits per heavy atom. The summed E-state index contributed by atoms with van der Waals surface area (Å²) in [6.45, 7) is 0.133. The van der Waals surface area contributed by atoms with Crippen LogP contribution >= 0.6 is 0 Å². The van der Waals surface area contributed by atoms with Crippen LogP contribution < -0.4 is 93.3 Å². The molecule has 3 spiro atoms. The monoisotopic (exact) mass is 864 g/mol. The highest BCUT2D eigenvalue weighted by Gasteiger charge is 2.78. The van der Waals surface area contributed by atoms with E-state index in [1.54, 1.807) is 10.4 Å². The maximum atomic E-state index is 7.61. The molecule has 0 bridgehead atoms. The summed E-state index contributed by atoms with van der Waals surface area (Å²) in [5.74, 6) is 1.92. The first-order chi connectivity index (χ1) is 32.8. The molecule has 8 heteroatoms. The number of quaternary nitrogens is 1. The Labute approximate surface area is 382 Å². The van der Waals surface area contributed by atoms with E-state index in [0.29, 0.717) is 4.70 Å². The molecule has 0 fully saturated rings. The van der Waals surface area contributed by atoms with E-state index < -0.39 is 16.1 Å². The zero-order valence-electron chi connectivity index (χ0n) is 35.4. The zero-order valence-corrected chi connectivity index (χ0v) is 37.4. The van der Waals surface area contributed by atoms with Crippen molar-refractivity contribution in [1.82, 2.24) is 4.70 Å². The molecule has 0 N–H and O–H groups in total. The van der Waals surface area contributed by atoms with Gasteiger partial charge in [-0.15, -0.1) is 0 Å². The van der Waals surface area contributed by atoms with Crippen LogP contribution in [0.5, 0.6) is 11.5 Å². The van der Waals surface area contributed by atoms with Crippen molar-refractivity contribution < 1.29 is 14.1 Å². The molecular weight excluding hydrogens is 832 g/mol. The lowest BCUT2D eigenvalue weighted by Crippen LogP contribution is -3.02. The Morgan fingerprint density at radius 3 is 1.09 bits per heavy atom. The quantitative estimate of drug-likeness (QED) is 0.126. The van der Waals surface area contributed by atoms with E-state index in [4.69, 9.17) is 4.74 Å². The summed E-state index contributed by atoms with van der Waals surface area (Å²) >= 11 is 0. The van der Waals surface area contributed by atoms with Gasteiger partial charge in [-0.25, -0.2) is 0 Å². The molecule has 11 heterocycles. The number of fused-ring (bicyclic) bond motifs is 16. The molecule has 0 saturated carbocycles. The summed E-state index contributed by atoms with van der Waals surface area (Å²) in [7, 11) is -5.78. The number of pyridine rings is 2. The van der Waals surface area contributed by atoms with Crippen molar-refractivity contribution in [2.45, 2.75) is 0 Å². The van der Waals surface area contributed by atoms with Crippen molar-refractivity contribution in [2.24, 2.45) is 0 Å². The van der Waals surface area contributed by atoms with Gasteiger partial charge in [0.1, 0.15) is 0 Å². The molecule has 0 atom stereocenters. The van der Waals surface area contributed by atoms with Crippen LogP contribution in [0.25, 0.3) is 44.5 Å². The molecule has 0 radical (unpaired) electrons. The molecule has 0 aliphatic carbocycles. The maximum Gasteiger partial charge on any atom is 0.342 e. The van der Waals surface area contributed by atoms with Crippen LogP contribution in [0.15, 0.2) is 194 Å². The SMILES string of the molecule is c1ccc2c(c1)-c1ccccc1[Si]21c2cccc3c2B2c4c1ccc1c4[N+]4(c5c(ccc6c5B5c7c(cccc7[Si]67c6ccccc6-c6ccccc67)-c6ccc[n+]4c65)O1)[n+]1cccc-3c12. The fourth-order valence-corrected chi connectivity index (χ4v) is 27.6. The van der Waals surface area contributed by atoms with E-state index in [-0.39, 0.29) is 13.4 Å². The molecule has 10 aromatic rings. The third-order valence-corrected chi connectivity index (χ3v) is 27.8. The number of rotatable bonds is 0. The summed E-state index contributed by atoms with van der Waals surface area (Å²) in [6.07, 6.45) is 4.83. The van der Waals surface area contributed by atoms with Crippen LogP contribution in [0.3, 0.4) is 0 Å². The van der Waals surface area contributed by atoms with Gasteiger partial charge in [-0.1, -0.05) is 157 Å². The number of aromatic nitrogens is 2. The highest BCUT2D eigenvalue weighted by molar-refractivity contribution is 7.30. The van der Waals surface area contributed by atoms with Gasteiger partial charge in [-0.3, -0.25) is 0 Å². The number of benzene rings is 8. The van der Waals surface area contributed by atoms with E-state index in [2.05, 4.69) is 204 Å². The van der Waals surface area contributed by atoms with Crippen molar-refractivity contribution in [2.75, 3.05) is 0 Å². The van der Waals surface area contributed by atoms with Crippen molar-refractivity contribution in [1.29, 1.82) is 0 Å². The summed E-state index contributed by atoms with van der Waals surface area (Å²) in [6, 6.07) is 71.5. The number of nitrogens with zero attached hydrogens (tertiary/aromatic N) is 3. The van der Waals surface area contributed by atoms with Crippen molar-refractivity contribution in [3.05, 3.63) is 194 Å². The Morgan fingerprint density at radius 1 is 0.318 bits per heavy atom. The highest BCUT2D eigenvalue weighted by atomic mass is 28.3. The predicted octanol–water partition coefficient (Wildman–Crippen LogP) is 0.895. The number of hydrogen-bond donors (Lipinski definition) is 0. The van der Waals surface area contributed by atoms with Crippen molar-refractivity contribution >= 4 is 115 Å². The van der Waals surface area contributed by atoms with E-state index >= 15 is 0 Å². The smallest absolute Gasteiger partial charge is 0.342 e. The molecule has 0 amide bonds. The molecule has 9 aliphatic rings. The van der Waals surface area contributed by atoms with E-state index in [1.807, 2.05) is 0 Å². The van der Waals surface area contributed by atoms with Gasteiger partial charge in [-0.05, 0) is 99.1 Å².